The van der Waals surface area contributed by atoms with E-state index in [-0.39, 0.29) is 24.0 Å². The minimum atomic E-state index is -0.381. The molecule has 4 heterocycles. The molecule has 45 heavy (non-hydrogen) atoms. The maximum atomic E-state index is 12.8. The molecular formula is C32H41N9O4. The Balaban J connectivity index is 1.12. The summed E-state index contributed by atoms with van der Waals surface area (Å²) in [6.45, 7) is 11.3. The summed E-state index contributed by atoms with van der Waals surface area (Å²) >= 11 is 0. The molecule has 0 radical (unpaired) electrons. The molecule has 0 bridgehead atoms. The Morgan fingerprint density at radius 1 is 0.711 bits per heavy atom. The standard InChI is InChI=1S/C32H41N9O4/c1-22-20-44-18-16-40(22)30-35-28(36-31(37-30)41-17-19-45-21-23(41)2)24-4-8-26(9-5-24)33-32(43)34-27-10-6-25(7-11-27)29(42)39-14-12-38(3)13-15-39/h4-11,22-23H,12-21H2,1-3H3,(H2,33,34,43)/t22-,23-/m1/s1. The van der Waals surface area contributed by atoms with Crippen LogP contribution in [-0.4, -0.2) is 122 Å². The maximum Gasteiger partial charge on any atom is 0.323 e. The Hall–Kier alpha value is -4.33. The fraction of sp³-hybridized carbons (Fsp3) is 0.469. The zero-order valence-corrected chi connectivity index (χ0v) is 26.1. The number of nitrogens with one attached hydrogen (secondary N) is 2. The van der Waals surface area contributed by atoms with Crippen LogP contribution in [0.25, 0.3) is 11.4 Å². The molecule has 3 aliphatic rings. The molecule has 3 aliphatic heterocycles. The van der Waals surface area contributed by atoms with Crippen molar-refractivity contribution >= 4 is 35.2 Å². The number of piperazine rings is 1. The molecule has 6 rings (SSSR count). The van der Waals surface area contributed by atoms with Gasteiger partial charge < -0.3 is 39.7 Å². The summed E-state index contributed by atoms with van der Waals surface area (Å²) in [5.41, 5.74) is 2.64. The van der Waals surface area contributed by atoms with Gasteiger partial charge in [0.25, 0.3) is 5.91 Å². The molecule has 238 valence electrons. The fourth-order valence-electron chi connectivity index (χ4n) is 5.67. The first kappa shape index (κ1) is 30.7. The van der Waals surface area contributed by atoms with E-state index in [1.54, 1.807) is 24.3 Å². The number of morpholine rings is 2. The van der Waals surface area contributed by atoms with Gasteiger partial charge in [-0.2, -0.15) is 15.0 Å². The van der Waals surface area contributed by atoms with Crippen molar-refractivity contribution < 1.29 is 19.1 Å². The SMILES string of the molecule is C[C@@H]1COCCN1c1nc(-c2ccc(NC(=O)Nc3ccc(C(=O)N4CCN(C)CC4)cc3)cc2)nc(N2CCOC[C@H]2C)n1. The van der Waals surface area contributed by atoms with Crippen LogP contribution < -0.4 is 20.4 Å². The van der Waals surface area contributed by atoms with Gasteiger partial charge in [-0.25, -0.2) is 4.79 Å². The highest BCUT2D eigenvalue weighted by atomic mass is 16.5. The molecular weight excluding hydrogens is 574 g/mol. The lowest BCUT2D eigenvalue weighted by molar-refractivity contribution is 0.0664. The van der Waals surface area contributed by atoms with Gasteiger partial charge in [-0.1, -0.05) is 0 Å². The number of urea groups is 1. The summed E-state index contributed by atoms with van der Waals surface area (Å²) in [5, 5.41) is 5.71. The number of anilines is 4. The summed E-state index contributed by atoms with van der Waals surface area (Å²) in [7, 11) is 2.06. The molecule has 0 unspecified atom stereocenters. The number of nitrogens with zero attached hydrogens (tertiary/aromatic N) is 7. The van der Waals surface area contributed by atoms with Crippen LogP contribution in [0.5, 0.6) is 0 Å². The first-order chi connectivity index (χ1) is 21.8. The van der Waals surface area contributed by atoms with Gasteiger partial charge in [-0.05, 0) is 69.4 Å². The summed E-state index contributed by atoms with van der Waals surface area (Å²) in [4.78, 5) is 48.6. The third kappa shape index (κ3) is 7.32. The van der Waals surface area contributed by atoms with E-state index >= 15 is 0 Å². The number of ether oxygens (including phenoxy) is 2. The third-order valence-corrected chi connectivity index (χ3v) is 8.44. The zero-order valence-electron chi connectivity index (χ0n) is 26.1. The Labute approximate surface area is 263 Å². The molecule has 13 heteroatoms. The lowest BCUT2D eigenvalue weighted by atomic mass is 10.1. The van der Waals surface area contributed by atoms with Crippen molar-refractivity contribution in [1.29, 1.82) is 0 Å². The number of rotatable bonds is 6. The van der Waals surface area contributed by atoms with Gasteiger partial charge in [0, 0.05) is 61.8 Å². The number of carbonyl (C=O) groups is 2. The molecule has 1 aromatic heterocycles. The van der Waals surface area contributed by atoms with Crippen LogP contribution in [0, 0.1) is 0 Å². The van der Waals surface area contributed by atoms with Gasteiger partial charge >= 0.3 is 6.03 Å². The number of likely N-dealkylation sites (N-methyl/N-ethyl adjacent to an activating group) is 1. The number of benzene rings is 2. The average molecular weight is 616 g/mol. The van der Waals surface area contributed by atoms with Gasteiger partial charge in [-0.3, -0.25) is 4.79 Å². The normalized spacial score (nSPS) is 21.0. The highest BCUT2D eigenvalue weighted by Crippen LogP contribution is 2.26. The summed E-state index contributed by atoms with van der Waals surface area (Å²) in [6.07, 6.45) is 0. The van der Waals surface area contributed by atoms with E-state index in [1.807, 2.05) is 29.2 Å². The second kappa shape index (κ2) is 13.8. The van der Waals surface area contributed by atoms with E-state index in [9.17, 15) is 9.59 Å². The molecule has 3 fully saturated rings. The molecule has 2 aromatic carbocycles. The topological polar surface area (TPSA) is 128 Å². The Kier molecular flexibility index (Phi) is 9.38. The van der Waals surface area contributed by atoms with Crippen molar-refractivity contribution in [3.8, 4) is 11.4 Å². The molecule has 2 atom stereocenters. The molecule has 13 nitrogen and oxygen atoms in total. The predicted molar refractivity (Wildman–Crippen MR) is 173 cm³/mol. The van der Waals surface area contributed by atoms with Crippen LogP contribution in [0.2, 0.25) is 0 Å². The second-order valence-corrected chi connectivity index (χ2v) is 11.8. The van der Waals surface area contributed by atoms with E-state index in [0.29, 0.717) is 87.3 Å². The van der Waals surface area contributed by atoms with Crippen LogP contribution in [0.3, 0.4) is 0 Å². The number of amides is 3. The monoisotopic (exact) mass is 615 g/mol. The first-order valence-electron chi connectivity index (χ1n) is 15.6. The van der Waals surface area contributed by atoms with E-state index in [0.717, 1.165) is 18.7 Å². The molecule has 0 saturated carbocycles. The number of hydrogen-bond acceptors (Lipinski definition) is 10. The van der Waals surface area contributed by atoms with Crippen molar-refractivity contribution in [1.82, 2.24) is 24.8 Å². The van der Waals surface area contributed by atoms with Crippen molar-refractivity contribution in [3.63, 3.8) is 0 Å². The van der Waals surface area contributed by atoms with Crippen molar-refractivity contribution in [2.75, 3.05) is 93.2 Å². The lowest BCUT2D eigenvalue weighted by Crippen LogP contribution is -2.47. The van der Waals surface area contributed by atoms with Gasteiger partial charge in [-0.15, -0.1) is 0 Å². The predicted octanol–water partition coefficient (Wildman–Crippen LogP) is 3.02. The number of carbonyl (C=O) groups excluding carboxylic acids is 2. The van der Waals surface area contributed by atoms with Crippen molar-refractivity contribution in [3.05, 3.63) is 54.1 Å². The highest BCUT2D eigenvalue weighted by Gasteiger charge is 2.27. The van der Waals surface area contributed by atoms with E-state index in [2.05, 4.69) is 46.2 Å². The number of hydrogen-bond donors (Lipinski definition) is 2. The van der Waals surface area contributed by atoms with Crippen LogP contribution in [0.15, 0.2) is 48.5 Å². The number of aromatic nitrogens is 3. The second-order valence-electron chi connectivity index (χ2n) is 11.8. The summed E-state index contributed by atoms with van der Waals surface area (Å²) in [6, 6.07) is 14.3. The molecule has 0 spiro atoms. The Bertz CT molecular complexity index is 1440. The summed E-state index contributed by atoms with van der Waals surface area (Å²) in [5.74, 6) is 1.83. The van der Waals surface area contributed by atoms with Crippen molar-refractivity contribution in [2.24, 2.45) is 0 Å². The fourth-order valence-corrected chi connectivity index (χ4v) is 5.67. The van der Waals surface area contributed by atoms with Crippen LogP contribution in [-0.2, 0) is 9.47 Å². The molecule has 3 saturated heterocycles. The smallest absolute Gasteiger partial charge is 0.323 e. The minimum absolute atomic E-state index is 0.00974. The van der Waals surface area contributed by atoms with Crippen molar-refractivity contribution in [2.45, 2.75) is 25.9 Å². The Morgan fingerprint density at radius 3 is 1.73 bits per heavy atom. The van der Waals surface area contributed by atoms with E-state index in [1.165, 1.54) is 0 Å². The largest absolute Gasteiger partial charge is 0.377 e. The highest BCUT2D eigenvalue weighted by molar-refractivity contribution is 6.00. The minimum Gasteiger partial charge on any atom is -0.377 e. The maximum absolute atomic E-state index is 12.8. The summed E-state index contributed by atoms with van der Waals surface area (Å²) < 4.78 is 11.3. The van der Waals surface area contributed by atoms with Gasteiger partial charge in [0.1, 0.15) is 0 Å². The molecule has 3 amide bonds. The van der Waals surface area contributed by atoms with Gasteiger partial charge in [0.15, 0.2) is 5.82 Å². The Morgan fingerprint density at radius 2 is 1.22 bits per heavy atom. The molecule has 0 aliphatic carbocycles. The van der Waals surface area contributed by atoms with E-state index in [4.69, 9.17) is 24.4 Å². The third-order valence-electron chi connectivity index (χ3n) is 8.44. The van der Waals surface area contributed by atoms with Crippen LogP contribution in [0.4, 0.5) is 28.1 Å². The first-order valence-corrected chi connectivity index (χ1v) is 15.6. The molecule has 3 aromatic rings. The van der Waals surface area contributed by atoms with Gasteiger partial charge in [0.05, 0.1) is 38.5 Å². The average Bonchev–Trinajstić information content (AvgIpc) is 3.06. The zero-order chi connectivity index (χ0) is 31.3. The lowest BCUT2D eigenvalue weighted by Gasteiger charge is -2.36. The quantitative estimate of drug-likeness (QED) is 0.427. The van der Waals surface area contributed by atoms with Crippen LogP contribution >= 0.6 is 0 Å². The van der Waals surface area contributed by atoms with Crippen LogP contribution in [0.1, 0.15) is 24.2 Å². The molecule has 2 N–H and O–H groups in total. The van der Waals surface area contributed by atoms with Gasteiger partial charge in [0.2, 0.25) is 11.9 Å². The van der Waals surface area contributed by atoms with E-state index < -0.39 is 0 Å².